The number of hydrogen-bond acceptors (Lipinski definition) is 7. The number of carbonyl (C=O) groups excluding carboxylic acids is 1. The van der Waals surface area contributed by atoms with E-state index in [2.05, 4.69) is 38.2 Å². The van der Waals surface area contributed by atoms with Gasteiger partial charge < -0.3 is 27.9 Å². The van der Waals surface area contributed by atoms with Crippen molar-refractivity contribution < 1.29 is 37.3 Å². The summed E-state index contributed by atoms with van der Waals surface area (Å²) in [5.74, 6) is -0.338. The van der Waals surface area contributed by atoms with Gasteiger partial charge in [-0.15, -0.1) is 0 Å². The molecule has 8 nitrogen and oxygen atoms in total. The lowest BCUT2D eigenvalue weighted by Crippen LogP contribution is -2.37. The molecule has 0 saturated heterocycles. The van der Waals surface area contributed by atoms with Gasteiger partial charge >= 0.3 is 5.97 Å². The molecule has 0 aromatic carbocycles. The van der Waals surface area contributed by atoms with Crippen molar-refractivity contribution in [3.63, 3.8) is 0 Å². The Morgan fingerprint density at radius 3 is 1.43 bits per heavy atom. The average Bonchev–Trinajstić information content (AvgIpc) is 3.18. The Kier molecular flexibility index (Phi) is 41.9. The number of likely N-dealkylation sites (N-methyl/N-ethyl adjacent to an activating group) is 1. The third-order valence-electron chi connectivity index (χ3n) is 10.8. The lowest BCUT2D eigenvalue weighted by Gasteiger charge is -2.28. The molecule has 0 rings (SSSR count). The summed E-state index contributed by atoms with van der Waals surface area (Å²) >= 11 is 0. The van der Waals surface area contributed by atoms with Gasteiger partial charge in [-0.25, -0.2) is 0 Å². The van der Waals surface area contributed by atoms with Crippen molar-refractivity contribution in [3.05, 3.63) is 24.3 Å². The Morgan fingerprint density at radius 2 is 0.948 bits per heavy atom. The molecule has 0 spiro atoms. The maximum atomic E-state index is 12.7. The molecule has 2 atom stereocenters. The van der Waals surface area contributed by atoms with Gasteiger partial charge in [0.1, 0.15) is 19.3 Å². The molecule has 0 fully saturated rings. The van der Waals surface area contributed by atoms with E-state index in [9.17, 15) is 14.3 Å². The van der Waals surface area contributed by atoms with Gasteiger partial charge in [-0.2, -0.15) is 0 Å². The molecule has 0 aromatic heterocycles. The fourth-order valence-corrected chi connectivity index (χ4v) is 7.66. The first kappa shape index (κ1) is 57.0. The zero-order chi connectivity index (χ0) is 42.7. The van der Waals surface area contributed by atoms with E-state index >= 15 is 0 Å². The number of phosphoric acid groups is 1. The Morgan fingerprint density at radius 1 is 0.534 bits per heavy atom. The van der Waals surface area contributed by atoms with Crippen molar-refractivity contribution in [3.8, 4) is 0 Å². The molecule has 9 heteroatoms. The van der Waals surface area contributed by atoms with Gasteiger partial charge in [0.15, 0.2) is 0 Å². The Hall–Kier alpha value is -1.02. The van der Waals surface area contributed by atoms with E-state index in [1.165, 1.54) is 161 Å². The third kappa shape index (κ3) is 46.1. The SMILES string of the molecule is CCCCC/C=C\C/C=C\CCCCCCCCCC(=O)OC(COCCCCCCCCCCCCCCCCCCCCC)COP(=O)([O-])OCC[N+](C)(C)C. The van der Waals surface area contributed by atoms with Crippen LogP contribution in [0.1, 0.15) is 226 Å². The summed E-state index contributed by atoms with van der Waals surface area (Å²) in [5.41, 5.74) is 0. The van der Waals surface area contributed by atoms with Crippen LogP contribution in [0.2, 0.25) is 0 Å². The summed E-state index contributed by atoms with van der Waals surface area (Å²) in [6.07, 6.45) is 49.0. The van der Waals surface area contributed by atoms with Crippen LogP contribution in [0.3, 0.4) is 0 Å². The zero-order valence-electron chi connectivity index (χ0n) is 39.0. The van der Waals surface area contributed by atoms with Crippen LogP contribution in [0.25, 0.3) is 0 Å². The molecule has 0 aliphatic heterocycles. The third-order valence-corrected chi connectivity index (χ3v) is 11.7. The molecule has 0 aliphatic carbocycles. The molecule has 2 unspecified atom stereocenters. The van der Waals surface area contributed by atoms with E-state index in [1.54, 1.807) is 0 Å². The standard InChI is InChI=1S/C49H96NO7P/c1-6-8-10-12-14-16-18-20-22-24-25-27-29-31-33-35-37-39-41-44-54-46-48(47-56-58(52,53)55-45-43-50(3,4)5)57-49(51)42-40-38-36-34-32-30-28-26-23-21-19-17-15-13-11-9-7-2/h15,17,21,23,48H,6-14,16,18-20,22,24-47H2,1-5H3/b17-15-,23-21-. The lowest BCUT2D eigenvalue weighted by atomic mass is 10.0. The number of hydrogen-bond donors (Lipinski definition) is 0. The largest absolute Gasteiger partial charge is 0.756 e. The molecular weight excluding hydrogens is 746 g/mol. The van der Waals surface area contributed by atoms with Crippen molar-refractivity contribution >= 4 is 13.8 Å². The summed E-state index contributed by atoms with van der Waals surface area (Å²) in [6.45, 7) is 5.42. The quantitative estimate of drug-likeness (QED) is 0.0198. The van der Waals surface area contributed by atoms with Gasteiger partial charge in [-0.1, -0.05) is 199 Å². The van der Waals surface area contributed by atoms with Crippen molar-refractivity contribution in [2.24, 2.45) is 0 Å². The smallest absolute Gasteiger partial charge is 0.306 e. The molecular formula is C49H96NO7P. The maximum Gasteiger partial charge on any atom is 0.306 e. The first-order chi connectivity index (χ1) is 28.1. The summed E-state index contributed by atoms with van der Waals surface area (Å²) in [5, 5.41) is 0. The number of phosphoric ester groups is 1. The molecule has 0 radical (unpaired) electrons. The zero-order valence-corrected chi connectivity index (χ0v) is 39.9. The summed E-state index contributed by atoms with van der Waals surface area (Å²) in [7, 11) is 1.36. The number of rotatable bonds is 46. The van der Waals surface area contributed by atoms with Crippen LogP contribution in [0.15, 0.2) is 24.3 Å². The highest BCUT2D eigenvalue weighted by Crippen LogP contribution is 2.38. The summed E-state index contributed by atoms with van der Waals surface area (Å²) in [4.78, 5) is 25.1. The van der Waals surface area contributed by atoms with E-state index in [0.717, 1.165) is 44.9 Å². The first-order valence-electron chi connectivity index (χ1n) is 24.6. The predicted molar refractivity (Wildman–Crippen MR) is 245 cm³/mol. The van der Waals surface area contributed by atoms with E-state index in [4.69, 9.17) is 18.5 Å². The highest BCUT2D eigenvalue weighted by molar-refractivity contribution is 7.45. The second-order valence-electron chi connectivity index (χ2n) is 17.8. The average molecular weight is 842 g/mol. The van der Waals surface area contributed by atoms with E-state index in [1.807, 2.05) is 21.1 Å². The van der Waals surface area contributed by atoms with Crippen molar-refractivity contribution in [1.29, 1.82) is 0 Å². The van der Waals surface area contributed by atoms with Crippen LogP contribution in [0, 0.1) is 0 Å². The first-order valence-corrected chi connectivity index (χ1v) is 26.0. The monoisotopic (exact) mass is 842 g/mol. The van der Waals surface area contributed by atoms with Crippen molar-refractivity contribution in [2.75, 3.05) is 54.1 Å². The van der Waals surface area contributed by atoms with Crippen LogP contribution in [0.5, 0.6) is 0 Å². The van der Waals surface area contributed by atoms with Crippen LogP contribution in [0.4, 0.5) is 0 Å². The topological polar surface area (TPSA) is 94.1 Å². The van der Waals surface area contributed by atoms with Gasteiger partial charge in [0, 0.05) is 13.0 Å². The minimum Gasteiger partial charge on any atom is -0.756 e. The van der Waals surface area contributed by atoms with Crippen molar-refractivity contribution in [1.82, 2.24) is 0 Å². The maximum absolute atomic E-state index is 12.7. The number of ether oxygens (including phenoxy) is 2. The molecule has 58 heavy (non-hydrogen) atoms. The van der Waals surface area contributed by atoms with Gasteiger partial charge in [-0.3, -0.25) is 9.36 Å². The minimum absolute atomic E-state index is 0.0266. The number of unbranched alkanes of at least 4 members (excludes halogenated alkanes) is 28. The molecule has 0 heterocycles. The number of nitrogens with zero attached hydrogens (tertiary/aromatic N) is 1. The highest BCUT2D eigenvalue weighted by atomic mass is 31.2. The predicted octanol–water partition coefficient (Wildman–Crippen LogP) is 14.1. The lowest BCUT2D eigenvalue weighted by molar-refractivity contribution is -0.870. The number of allylic oxidation sites excluding steroid dienone is 4. The fourth-order valence-electron chi connectivity index (χ4n) is 6.93. The number of esters is 1. The van der Waals surface area contributed by atoms with Crippen LogP contribution >= 0.6 is 7.82 Å². The molecule has 0 N–H and O–H groups in total. The molecule has 0 bridgehead atoms. The van der Waals surface area contributed by atoms with Crippen LogP contribution in [-0.2, 0) is 27.9 Å². The molecule has 344 valence electrons. The second kappa shape index (κ2) is 42.7. The van der Waals surface area contributed by atoms with Gasteiger partial charge in [0.25, 0.3) is 7.82 Å². The number of carbonyl (C=O) groups is 1. The van der Waals surface area contributed by atoms with Gasteiger partial charge in [0.2, 0.25) is 0 Å². The molecule has 0 aliphatic rings. The van der Waals surface area contributed by atoms with E-state index < -0.39 is 13.9 Å². The molecule has 0 aromatic rings. The Bertz CT molecular complexity index is 983. The van der Waals surface area contributed by atoms with Crippen LogP contribution < -0.4 is 4.89 Å². The second-order valence-corrected chi connectivity index (χ2v) is 19.2. The summed E-state index contributed by atoms with van der Waals surface area (Å²) < 4.78 is 34.7. The molecule has 0 saturated carbocycles. The van der Waals surface area contributed by atoms with E-state index in [0.29, 0.717) is 24.1 Å². The van der Waals surface area contributed by atoms with E-state index in [-0.39, 0.29) is 25.8 Å². The van der Waals surface area contributed by atoms with Crippen molar-refractivity contribution in [2.45, 2.75) is 232 Å². The highest BCUT2D eigenvalue weighted by Gasteiger charge is 2.20. The summed E-state index contributed by atoms with van der Waals surface area (Å²) in [6, 6.07) is 0. The van der Waals surface area contributed by atoms with Crippen LogP contribution in [-0.4, -0.2) is 70.7 Å². The normalized spacial score (nSPS) is 13.8. The minimum atomic E-state index is -4.53. The molecule has 0 amide bonds. The Labute approximate surface area is 360 Å². The fraction of sp³-hybridized carbons (Fsp3) is 0.898. The van der Waals surface area contributed by atoms with Gasteiger partial charge in [0.05, 0.1) is 34.4 Å². The Balaban J connectivity index is 4.15. The number of quaternary nitrogens is 1. The van der Waals surface area contributed by atoms with Gasteiger partial charge in [-0.05, 0) is 44.9 Å².